The van der Waals surface area contributed by atoms with E-state index in [9.17, 15) is 0 Å². The molecule has 1 N–H and O–H groups in total. The molecule has 9 heteroatoms. The summed E-state index contributed by atoms with van der Waals surface area (Å²) in [6.45, 7) is 10.4. The van der Waals surface area contributed by atoms with Crippen LogP contribution in [0.25, 0.3) is 0 Å². The van der Waals surface area contributed by atoms with E-state index < -0.39 is 0 Å². The van der Waals surface area contributed by atoms with Gasteiger partial charge in [0.15, 0.2) is 5.96 Å². The molecule has 2 heterocycles. The zero-order chi connectivity index (χ0) is 19.7. The maximum Gasteiger partial charge on any atom is 0.194 e. The number of halogens is 1. The first-order chi connectivity index (χ1) is 13.0. The molecule has 0 bridgehead atoms. The molecule has 1 fully saturated rings. The molecule has 28 heavy (non-hydrogen) atoms. The van der Waals surface area contributed by atoms with Gasteiger partial charge in [-0.2, -0.15) is 11.8 Å². The molecule has 0 radical (unpaired) electrons. The van der Waals surface area contributed by atoms with E-state index >= 15 is 0 Å². The first kappa shape index (κ1) is 25.9. The molecule has 1 aliphatic heterocycles. The van der Waals surface area contributed by atoms with Gasteiger partial charge in [-0.1, -0.05) is 6.92 Å². The molecule has 6 nitrogen and oxygen atoms in total. The van der Waals surface area contributed by atoms with Gasteiger partial charge in [-0.25, -0.2) is 4.98 Å². The van der Waals surface area contributed by atoms with Crippen LogP contribution >= 0.6 is 47.1 Å². The summed E-state index contributed by atoms with van der Waals surface area (Å²) >= 11 is 3.68. The van der Waals surface area contributed by atoms with Crippen molar-refractivity contribution < 1.29 is 9.47 Å². The molecule has 0 amide bonds. The minimum atomic E-state index is 0. The summed E-state index contributed by atoms with van der Waals surface area (Å²) in [6.07, 6.45) is 2.18. The molecular weight excluding hydrogens is 507 g/mol. The molecular formula is C19H35IN4O2S2. The molecule has 162 valence electrons. The number of nitrogens with zero attached hydrogens (tertiary/aromatic N) is 3. The molecule has 0 aromatic carbocycles. The van der Waals surface area contributed by atoms with Gasteiger partial charge in [0.25, 0.3) is 0 Å². The predicted octanol–water partition coefficient (Wildman–Crippen LogP) is 4.17. The van der Waals surface area contributed by atoms with Gasteiger partial charge in [0.2, 0.25) is 0 Å². The van der Waals surface area contributed by atoms with Crippen molar-refractivity contribution in [3.05, 3.63) is 16.1 Å². The smallest absolute Gasteiger partial charge is 0.194 e. The third-order valence-electron chi connectivity index (χ3n) is 4.74. The van der Waals surface area contributed by atoms with E-state index in [0.717, 1.165) is 68.1 Å². The van der Waals surface area contributed by atoms with Crippen molar-refractivity contribution in [2.24, 2.45) is 4.99 Å². The van der Waals surface area contributed by atoms with Crippen LogP contribution in [0, 0.1) is 0 Å². The molecule has 1 aromatic rings. The summed E-state index contributed by atoms with van der Waals surface area (Å²) in [5.41, 5.74) is 1.05. The highest BCUT2D eigenvalue weighted by Crippen LogP contribution is 2.35. The number of methoxy groups -OCH3 is 1. The van der Waals surface area contributed by atoms with Crippen molar-refractivity contribution in [1.82, 2.24) is 15.2 Å². The third kappa shape index (κ3) is 7.62. The Balaban J connectivity index is 0.00000392. The predicted molar refractivity (Wildman–Crippen MR) is 131 cm³/mol. The van der Waals surface area contributed by atoms with Crippen LogP contribution < -0.4 is 5.32 Å². The Bertz CT molecular complexity index is 589. The van der Waals surface area contributed by atoms with E-state index in [2.05, 4.69) is 36.5 Å². The van der Waals surface area contributed by atoms with Crippen molar-refractivity contribution >= 4 is 53.0 Å². The minimum absolute atomic E-state index is 0. The Labute approximate surface area is 195 Å². The van der Waals surface area contributed by atoms with Crippen LogP contribution in [0.5, 0.6) is 0 Å². The van der Waals surface area contributed by atoms with Crippen LogP contribution in [-0.2, 0) is 16.0 Å². The number of guanidine groups is 1. The number of rotatable bonds is 9. The summed E-state index contributed by atoms with van der Waals surface area (Å²) in [4.78, 5) is 11.8. The average Bonchev–Trinajstić information content (AvgIpc) is 3.14. The number of aromatic nitrogens is 1. The van der Waals surface area contributed by atoms with Crippen LogP contribution in [0.4, 0.5) is 0 Å². The van der Waals surface area contributed by atoms with Gasteiger partial charge >= 0.3 is 0 Å². The van der Waals surface area contributed by atoms with E-state index in [-0.39, 0.29) is 34.8 Å². The zero-order valence-electron chi connectivity index (χ0n) is 17.7. The minimum Gasteiger partial charge on any atom is -0.381 e. The fourth-order valence-electron chi connectivity index (χ4n) is 3.09. The topological polar surface area (TPSA) is 59.0 Å². The fraction of sp³-hybridized carbons (Fsp3) is 0.789. The lowest BCUT2D eigenvalue weighted by atomic mass is 9.99. The number of hydrogen-bond donors (Lipinski definition) is 1. The van der Waals surface area contributed by atoms with Gasteiger partial charge in [-0.15, -0.1) is 35.3 Å². The van der Waals surface area contributed by atoms with Gasteiger partial charge in [-0.05, 0) is 32.4 Å². The van der Waals surface area contributed by atoms with E-state index in [1.165, 1.54) is 0 Å². The maximum absolute atomic E-state index is 5.58. The van der Waals surface area contributed by atoms with Gasteiger partial charge in [0.1, 0.15) is 11.1 Å². The fourth-order valence-corrected chi connectivity index (χ4v) is 5.15. The molecule has 1 aromatic heterocycles. The Morgan fingerprint density at radius 3 is 2.79 bits per heavy atom. The lowest BCUT2D eigenvalue weighted by Crippen LogP contribution is -2.41. The average molecular weight is 543 g/mol. The SMILES string of the molecule is CCNC(=NCC1(SCC)CCOCC1)N(C)Cc1csc(C(C)OC)n1.I. The first-order valence-corrected chi connectivity index (χ1v) is 11.6. The van der Waals surface area contributed by atoms with Crippen LogP contribution in [0.2, 0.25) is 0 Å². The Hall–Kier alpha value is -0.100. The summed E-state index contributed by atoms with van der Waals surface area (Å²) in [5, 5.41) is 6.55. The second-order valence-electron chi connectivity index (χ2n) is 6.81. The molecule has 2 rings (SSSR count). The van der Waals surface area contributed by atoms with Crippen LogP contribution in [0.1, 0.15) is 50.4 Å². The van der Waals surface area contributed by atoms with E-state index in [0.29, 0.717) is 0 Å². The molecule has 1 atom stereocenters. The lowest BCUT2D eigenvalue weighted by Gasteiger charge is -2.35. The zero-order valence-corrected chi connectivity index (χ0v) is 21.7. The van der Waals surface area contributed by atoms with Crippen molar-refractivity contribution in [2.75, 3.05) is 46.2 Å². The number of thiazole rings is 1. The first-order valence-electron chi connectivity index (χ1n) is 9.71. The second kappa shape index (κ2) is 13.3. The molecule has 1 unspecified atom stereocenters. The second-order valence-corrected chi connectivity index (χ2v) is 9.43. The number of aliphatic imine (C=N–C) groups is 1. The normalized spacial score (nSPS) is 17.7. The van der Waals surface area contributed by atoms with Crippen molar-refractivity contribution in [2.45, 2.75) is 51.0 Å². The van der Waals surface area contributed by atoms with Crippen LogP contribution in [-0.4, -0.2) is 66.8 Å². The summed E-state index contributed by atoms with van der Waals surface area (Å²) in [6, 6.07) is 0. The van der Waals surface area contributed by atoms with E-state index in [1.807, 2.05) is 18.7 Å². The highest BCUT2D eigenvalue weighted by Gasteiger charge is 2.32. The van der Waals surface area contributed by atoms with Crippen molar-refractivity contribution in [3.8, 4) is 0 Å². The van der Waals surface area contributed by atoms with Crippen molar-refractivity contribution in [1.29, 1.82) is 0 Å². The highest BCUT2D eigenvalue weighted by atomic mass is 127. The number of nitrogens with one attached hydrogen (secondary N) is 1. The number of ether oxygens (including phenoxy) is 2. The molecule has 0 saturated carbocycles. The van der Waals surface area contributed by atoms with E-state index in [1.54, 1.807) is 18.4 Å². The lowest BCUT2D eigenvalue weighted by molar-refractivity contribution is 0.0793. The monoisotopic (exact) mass is 542 g/mol. The standard InChI is InChI=1S/C19H34N4O2S2.HI/c1-6-20-18(21-14-19(27-7-2)8-10-25-11-9-19)23(4)12-16-13-26-17(22-16)15(3)24-5;/h13,15H,6-12,14H2,1-5H3,(H,20,21);1H. The van der Waals surface area contributed by atoms with Gasteiger partial charge in [-0.3, -0.25) is 4.99 Å². The summed E-state index contributed by atoms with van der Waals surface area (Å²) < 4.78 is 11.1. The quantitative estimate of drug-likeness (QED) is 0.287. The Morgan fingerprint density at radius 2 is 2.18 bits per heavy atom. The molecule has 0 spiro atoms. The highest BCUT2D eigenvalue weighted by molar-refractivity contribution is 14.0. The largest absolute Gasteiger partial charge is 0.381 e. The molecule has 1 aliphatic rings. The Morgan fingerprint density at radius 1 is 1.46 bits per heavy atom. The Kier molecular flexibility index (Phi) is 12.3. The van der Waals surface area contributed by atoms with Gasteiger partial charge < -0.3 is 19.7 Å². The molecule has 0 aliphatic carbocycles. The van der Waals surface area contributed by atoms with Crippen molar-refractivity contribution in [3.63, 3.8) is 0 Å². The number of hydrogen-bond acceptors (Lipinski definition) is 6. The van der Waals surface area contributed by atoms with Gasteiger partial charge in [0, 0.05) is 44.0 Å². The summed E-state index contributed by atoms with van der Waals surface area (Å²) in [5.74, 6) is 2.05. The van der Waals surface area contributed by atoms with Crippen LogP contribution in [0.15, 0.2) is 10.4 Å². The number of thioether (sulfide) groups is 1. The summed E-state index contributed by atoms with van der Waals surface area (Å²) in [7, 11) is 3.79. The van der Waals surface area contributed by atoms with Crippen LogP contribution in [0.3, 0.4) is 0 Å². The maximum atomic E-state index is 5.58. The van der Waals surface area contributed by atoms with Gasteiger partial charge in [0.05, 0.1) is 18.8 Å². The third-order valence-corrected chi connectivity index (χ3v) is 7.23. The molecule has 1 saturated heterocycles. The van der Waals surface area contributed by atoms with E-state index in [4.69, 9.17) is 19.5 Å².